The lowest BCUT2D eigenvalue weighted by atomic mass is 10.2. The maximum absolute atomic E-state index is 5.39. The molecule has 1 atom stereocenters. The Morgan fingerprint density at radius 2 is 2.08 bits per heavy atom. The molecule has 0 bridgehead atoms. The molecule has 1 N–H and O–H groups in total. The Hall–Kier alpha value is -1.51. The van der Waals surface area contributed by atoms with Crippen molar-refractivity contribution < 1.29 is 4.74 Å². The van der Waals surface area contributed by atoms with E-state index in [1.54, 1.807) is 0 Å². The summed E-state index contributed by atoms with van der Waals surface area (Å²) in [6.45, 7) is 1.92. The van der Waals surface area contributed by atoms with Crippen LogP contribution in [0, 0.1) is 0 Å². The predicted molar refractivity (Wildman–Crippen MR) is 46.7 cm³/mol. The summed E-state index contributed by atoms with van der Waals surface area (Å²) in [4.78, 5) is 0. The van der Waals surface area contributed by atoms with Crippen molar-refractivity contribution in [3.05, 3.63) is 35.9 Å². The molecule has 62 valence electrons. The zero-order valence-corrected chi connectivity index (χ0v) is 6.82. The molecule has 1 heterocycles. The molecule has 1 aliphatic heterocycles. The lowest BCUT2D eigenvalue weighted by Crippen LogP contribution is -2.16. The van der Waals surface area contributed by atoms with Gasteiger partial charge in [-0.05, 0) is 19.1 Å². The van der Waals surface area contributed by atoms with Gasteiger partial charge in [0, 0.05) is 5.56 Å². The minimum atomic E-state index is -0.0137. The summed E-state index contributed by atoms with van der Waals surface area (Å²) in [5.74, 6) is 0.670. The summed E-state index contributed by atoms with van der Waals surface area (Å²) < 4.78 is 5.39. The van der Waals surface area contributed by atoms with Crippen LogP contribution >= 0.6 is 0 Å². The fraction of sp³-hybridized carbons (Fsp3) is 0.222. The fourth-order valence-corrected chi connectivity index (χ4v) is 1.08. The van der Waals surface area contributed by atoms with Gasteiger partial charge >= 0.3 is 0 Å². The van der Waals surface area contributed by atoms with Crippen molar-refractivity contribution in [3.8, 4) is 0 Å². The highest BCUT2D eigenvalue weighted by molar-refractivity contribution is 5.94. The molecule has 0 saturated heterocycles. The van der Waals surface area contributed by atoms with Gasteiger partial charge in [-0.15, -0.1) is 5.10 Å². The molecule has 0 saturated carbocycles. The Labute approximate surface area is 71.0 Å². The van der Waals surface area contributed by atoms with Crippen molar-refractivity contribution in [2.24, 2.45) is 5.10 Å². The first kappa shape index (κ1) is 7.16. The van der Waals surface area contributed by atoms with Crippen LogP contribution < -0.4 is 5.43 Å². The lowest BCUT2D eigenvalue weighted by Gasteiger charge is -2.03. The third kappa shape index (κ3) is 1.25. The normalized spacial score (nSPS) is 21.1. The first-order valence-corrected chi connectivity index (χ1v) is 3.91. The molecular weight excluding hydrogens is 152 g/mol. The monoisotopic (exact) mass is 162 g/mol. The van der Waals surface area contributed by atoms with Crippen molar-refractivity contribution in [2.75, 3.05) is 0 Å². The second-order valence-corrected chi connectivity index (χ2v) is 2.67. The summed E-state index contributed by atoms with van der Waals surface area (Å²) >= 11 is 0. The second kappa shape index (κ2) is 2.85. The van der Waals surface area contributed by atoms with Crippen molar-refractivity contribution in [3.63, 3.8) is 0 Å². The molecule has 3 heteroatoms. The molecule has 1 aromatic carbocycles. The molecule has 0 amide bonds. The Balaban J connectivity index is 2.22. The minimum absolute atomic E-state index is 0.0137. The highest BCUT2D eigenvalue weighted by Crippen LogP contribution is 2.07. The fourth-order valence-electron chi connectivity index (χ4n) is 1.08. The molecule has 0 fully saturated rings. The van der Waals surface area contributed by atoms with Crippen LogP contribution in [0.1, 0.15) is 12.5 Å². The van der Waals surface area contributed by atoms with E-state index in [9.17, 15) is 0 Å². The SMILES string of the molecule is CC1NN=C(c2ccccc2)O1. The number of hydrogen-bond donors (Lipinski definition) is 1. The van der Waals surface area contributed by atoms with E-state index in [-0.39, 0.29) is 6.23 Å². The quantitative estimate of drug-likeness (QED) is 0.675. The summed E-state index contributed by atoms with van der Waals surface area (Å²) in [5.41, 5.74) is 3.84. The van der Waals surface area contributed by atoms with Gasteiger partial charge in [-0.25, -0.2) is 0 Å². The van der Waals surface area contributed by atoms with Crippen LogP contribution in [0.15, 0.2) is 35.4 Å². The van der Waals surface area contributed by atoms with E-state index in [2.05, 4.69) is 10.5 Å². The first-order chi connectivity index (χ1) is 5.86. The van der Waals surface area contributed by atoms with Gasteiger partial charge in [0.05, 0.1) is 0 Å². The standard InChI is InChI=1S/C9H10N2O/c1-7-10-11-9(12-7)8-5-3-2-4-6-8/h2-7,10H,1H3. The zero-order valence-electron chi connectivity index (χ0n) is 6.82. The van der Waals surface area contributed by atoms with E-state index in [0.717, 1.165) is 5.56 Å². The van der Waals surface area contributed by atoms with Crippen LogP contribution in [0.5, 0.6) is 0 Å². The number of ether oxygens (including phenoxy) is 1. The predicted octanol–water partition coefficient (Wildman–Crippen LogP) is 1.31. The van der Waals surface area contributed by atoms with Crippen molar-refractivity contribution in [1.29, 1.82) is 0 Å². The average molecular weight is 162 g/mol. The third-order valence-electron chi connectivity index (χ3n) is 1.66. The van der Waals surface area contributed by atoms with Crippen LogP contribution in [0.3, 0.4) is 0 Å². The number of nitrogens with zero attached hydrogens (tertiary/aromatic N) is 1. The van der Waals surface area contributed by atoms with Gasteiger partial charge in [0.1, 0.15) is 0 Å². The topological polar surface area (TPSA) is 33.6 Å². The lowest BCUT2D eigenvalue weighted by molar-refractivity contribution is 0.209. The van der Waals surface area contributed by atoms with Gasteiger partial charge in [-0.1, -0.05) is 18.2 Å². The zero-order chi connectivity index (χ0) is 8.39. The Morgan fingerprint density at radius 1 is 1.33 bits per heavy atom. The van der Waals surface area contributed by atoms with Crippen molar-refractivity contribution in [2.45, 2.75) is 13.2 Å². The van der Waals surface area contributed by atoms with Gasteiger partial charge in [-0.2, -0.15) is 0 Å². The molecule has 3 nitrogen and oxygen atoms in total. The van der Waals surface area contributed by atoms with Crippen molar-refractivity contribution >= 4 is 5.90 Å². The van der Waals surface area contributed by atoms with E-state index in [4.69, 9.17) is 4.74 Å². The molecule has 2 rings (SSSR count). The van der Waals surface area contributed by atoms with Gasteiger partial charge in [0.2, 0.25) is 5.90 Å². The van der Waals surface area contributed by atoms with Gasteiger partial charge in [0.15, 0.2) is 6.23 Å². The van der Waals surface area contributed by atoms with E-state index in [1.165, 1.54) is 0 Å². The molecule has 0 spiro atoms. The number of hydrazone groups is 1. The highest BCUT2D eigenvalue weighted by atomic mass is 16.5. The molecule has 1 aliphatic rings. The smallest absolute Gasteiger partial charge is 0.240 e. The van der Waals surface area contributed by atoms with Crippen LogP contribution in [-0.4, -0.2) is 12.1 Å². The van der Waals surface area contributed by atoms with Crippen LogP contribution in [0.2, 0.25) is 0 Å². The second-order valence-electron chi connectivity index (χ2n) is 2.67. The Morgan fingerprint density at radius 3 is 2.67 bits per heavy atom. The van der Waals surface area contributed by atoms with Crippen LogP contribution in [0.25, 0.3) is 0 Å². The third-order valence-corrected chi connectivity index (χ3v) is 1.66. The number of benzene rings is 1. The summed E-state index contributed by atoms with van der Waals surface area (Å²) in [5, 5.41) is 4.03. The number of rotatable bonds is 1. The molecule has 0 radical (unpaired) electrons. The first-order valence-electron chi connectivity index (χ1n) is 3.91. The molecule has 0 aliphatic carbocycles. The average Bonchev–Trinajstić information content (AvgIpc) is 2.54. The highest BCUT2D eigenvalue weighted by Gasteiger charge is 2.14. The maximum atomic E-state index is 5.39. The molecule has 1 aromatic rings. The summed E-state index contributed by atoms with van der Waals surface area (Å²) in [6, 6.07) is 9.83. The van der Waals surface area contributed by atoms with Gasteiger partial charge in [0.25, 0.3) is 0 Å². The molecule has 0 aromatic heterocycles. The van der Waals surface area contributed by atoms with E-state index < -0.39 is 0 Å². The number of nitrogens with one attached hydrogen (secondary N) is 1. The molecular formula is C9H10N2O. The van der Waals surface area contributed by atoms with Crippen LogP contribution in [0.4, 0.5) is 0 Å². The Bertz CT molecular complexity index is 295. The van der Waals surface area contributed by atoms with E-state index in [1.807, 2.05) is 37.3 Å². The van der Waals surface area contributed by atoms with E-state index in [0.29, 0.717) is 5.90 Å². The van der Waals surface area contributed by atoms with Gasteiger partial charge in [-0.3, -0.25) is 5.43 Å². The van der Waals surface area contributed by atoms with Crippen molar-refractivity contribution in [1.82, 2.24) is 5.43 Å². The molecule has 12 heavy (non-hydrogen) atoms. The summed E-state index contributed by atoms with van der Waals surface area (Å²) in [7, 11) is 0. The Kier molecular flexibility index (Phi) is 1.70. The number of hydrogen-bond acceptors (Lipinski definition) is 3. The van der Waals surface area contributed by atoms with Crippen LogP contribution in [-0.2, 0) is 4.74 Å². The molecule has 1 unspecified atom stereocenters. The minimum Gasteiger partial charge on any atom is -0.451 e. The van der Waals surface area contributed by atoms with E-state index >= 15 is 0 Å². The van der Waals surface area contributed by atoms with Gasteiger partial charge < -0.3 is 4.74 Å². The maximum Gasteiger partial charge on any atom is 0.240 e. The summed E-state index contributed by atoms with van der Waals surface area (Å²) in [6.07, 6.45) is -0.0137. The largest absolute Gasteiger partial charge is 0.451 e.